The molecule has 1 aliphatic rings. The van der Waals surface area contributed by atoms with Crippen molar-refractivity contribution in [3.63, 3.8) is 0 Å². The fraction of sp³-hybridized carbons (Fsp3) is 0.400. The van der Waals surface area contributed by atoms with Crippen LogP contribution in [0, 0.1) is 0 Å². The van der Waals surface area contributed by atoms with Crippen molar-refractivity contribution in [3.05, 3.63) is 24.4 Å². The number of hydrogen-bond donors (Lipinski definition) is 1. The molecule has 0 radical (unpaired) electrons. The van der Waals surface area contributed by atoms with Gasteiger partial charge >= 0.3 is 0 Å². The fourth-order valence-corrected chi connectivity index (χ4v) is 1.38. The summed E-state index contributed by atoms with van der Waals surface area (Å²) in [6, 6.07) is 2.43. The third kappa shape index (κ3) is 2.06. The minimum absolute atomic E-state index is 0.488. The first kappa shape index (κ1) is 9.41. The van der Waals surface area contributed by atoms with E-state index in [1.807, 2.05) is 0 Å². The van der Waals surface area contributed by atoms with Gasteiger partial charge in [0.15, 0.2) is 0 Å². The molecule has 6 nitrogen and oxygen atoms in total. The summed E-state index contributed by atoms with van der Waals surface area (Å²) in [6.07, 6.45) is 5.69. The smallest absolute Gasteiger partial charge is 0.249 e. The van der Waals surface area contributed by atoms with Gasteiger partial charge < -0.3 is 9.73 Å². The highest BCUT2D eigenvalue weighted by Gasteiger charge is 2.21. The predicted octanol–water partition coefficient (Wildman–Crippen LogP) is 0.779. The number of nitrogens with one attached hydrogen (secondary N) is 1. The van der Waals surface area contributed by atoms with Gasteiger partial charge in [-0.15, -0.1) is 10.2 Å². The van der Waals surface area contributed by atoms with Crippen LogP contribution in [-0.4, -0.2) is 26.4 Å². The summed E-state index contributed by atoms with van der Waals surface area (Å²) in [4.78, 5) is 0. The zero-order valence-corrected chi connectivity index (χ0v) is 8.63. The predicted molar refractivity (Wildman–Crippen MR) is 55.2 cm³/mol. The summed E-state index contributed by atoms with van der Waals surface area (Å²) >= 11 is 0. The molecule has 0 unspecified atom stereocenters. The molecule has 0 bridgehead atoms. The van der Waals surface area contributed by atoms with E-state index in [0.29, 0.717) is 24.4 Å². The van der Waals surface area contributed by atoms with Gasteiger partial charge in [-0.25, -0.2) is 0 Å². The van der Waals surface area contributed by atoms with Crippen molar-refractivity contribution in [2.75, 3.05) is 0 Å². The molecular weight excluding hydrogens is 206 g/mol. The lowest BCUT2D eigenvalue weighted by Gasteiger charge is -1.95. The second-order valence-corrected chi connectivity index (χ2v) is 3.79. The average molecular weight is 217 g/mol. The lowest BCUT2D eigenvalue weighted by atomic mass is 10.3. The second kappa shape index (κ2) is 3.97. The monoisotopic (exact) mass is 217 g/mol. The molecule has 1 aliphatic carbocycles. The first-order chi connectivity index (χ1) is 7.92. The summed E-state index contributed by atoms with van der Waals surface area (Å²) in [5.74, 6) is 1.10. The molecule has 0 aliphatic heterocycles. The topological polar surface area (TPSA) is 76.7 Å². The van der Waals surface area contributed by atoms with Gasteiger partial charge in [-0.1, -0.05) is 0 Å². The molecule has 1 saturated carbocycles. The summed E-state index contributed by atoms with van der Waals surface area (Å²) in [5.41, 5.74) is 0.792. The lowest BCUT2D eigenvalue weighted by molar-refractivity contribution is 0.476. The maximum atomic E-state index is 5.50. The van der Waals surface area contributed by atoms with Crippen LogP contribution >= 0.6 is 0 Å². The Hall–Kier alpha value is -1.82. The summed E-state index contributed by atoms with van der Waals surface area (Å²) in [7, 11) is 0. The zero-order valence-electron chi connectivity index (χ0n) is 8.63. The van der Waals surface area contributed by atoms with Crippen molar-refractivity contribution >= 4 is 0 Å². The Kier molecular flexibility index (Phi) is 2.34. The Morgan fingerprint density at radius 1 is 1.31 bits per heavy atom. The molecule has 0 amide bonds. The van der Waals surface area contributed by atoms with E-state index in [2.05, 4.69) is 25.7 Å². The molecule has 0 aromatic carbocycles. The van der Waals surface area contributed by atoms with Crippen LogP contribution in [0.25, 0.3) is 11.5 Å². The molecule has 82 valence electrons. The van der Waals surface area contributed by atoms with Gasteiger partial charge in [-0.3, -0.25) is 0 Å². The van der Waals surface area contributed by atoms with E-state index in [1.54, 1.807) is 18.5 Å². The Morgan fingerprint density at radius 3 is 3.00 bits per heavy atom. The van der Waals surface area contributed by atoms with Crippen molar-refractivity contribution < 1.29 is 4.42 Å². The Balaban J connectivity index is 1.71. The van der Waals surface area contributed by atoms with Gasteiger partial charge in [-0.2, -0.15) is 10.2 Å². The number of aromatic nitrogens is 4. The Bertz CT molecular complexity index is 465. The van der Waals surface area contributed by atoms with Crippen molar-refractivity contribution in [2.24, 2.45) is 0 Å². The van der Waals surface area contributed by atoms with Crippen LogP contribution in [0.15, 0.2) is 22.9 Å². The molecule has 6 heteroatoms. The molecule has 1 fully saturated rings. The van der Waals surface area contributed by atoms with Gasteiger partial charge in [0.1, 0.15) is 0 Å². The van der Waals surface area contributed by atoms with E-state index in [0.717, 1.165) is 5.56 Å². The average Bonchev–Trinajstić information content (AvgIpc) is 3.05. The van der Waals surface area contributed by atoms with Crippen LogP contribution in [-0.2, 0) is 6.54 Å². The van der Waals surface area contributed by atoms with E-state index in [1.165, 1.54) is 12.8 Å². The fourth-order valence-electron chi connectivity index (χ4n) is 1.38. The summed E-state index contributed by atoms with van der Waals surface area (Å²) in [6.45, 7) is 0.635. The van der Waals surface area contributed by atoms with Gasteiger partial charge in [0.25, 0.3) is 0 Å². The Labute approximate surface area is 92.1 Å². The molecule has 0 spiro atoms. The van der Waals surface area contributed by atoms with Crippen molar-refractivity contribution in [2.45, 2.75) is 25.4 Å². The zero-order chi connectivity index (χ0) is 10.8. The third-order valence-electron chi connectivity index (χ3n) is 2.42. The minimum Gasteiger partial charge on any atom is -0.419 e. The van der Waals surface area contributed by atoms with Gasteiger partial charge in [-0.05, 0) is 18.9 Å². The highest BCUT2D eigenvalue weighted by atomic mass is 16.4. The molecule has 2 heterocycles. The highest BCUT2D eigenvalue weighted by Crippen LogP contribution is 2.20. The SMILES string of the molecule is c1cc(-c2nnc(CNC3CC3)o2)cnn1. The van der Waals surface area contributed by atoms with Crippen LogP contribution < -0.4 is 5.32 Å². The standard InChI is InChI=1S/C10H11N5O/c1-2-8(1)11-6-9-14-15-10(16-9)7-3-4-12-13-5-7/h3-5,8,11H,1-2,6H2. The maximum Gasteiger partial charge on any atom is 0.249 e. The van der Waals surface area contributed by atoms with Crippen LogP contribution in [0.1, 0.15) is 18.7 Å². The molecule has 1 N–H and O–H groups in total. The van der Waals surface area contributed by atoms with Crippen molar-refractivity contribution in [1.29, 1.82) is 0 Å². The normalized spacial score (nSPS) is 15.2. The van der Waals surface area contributed by atoms with Gasteiger partial charge in [0.2, 0.25) is 11.8 Å². The summed E-state index contributed by atoms with van der Waals surface area (Å²) < 4.78 is 5.50. The first-order valence-corrected chi connectivity index (χ1v) is 5.24. The molecule has 2 aromatic rings. The van der Waals surface area contributed by atoms with Crippen molar-refractivity contribution in [3.8, 4) is 11.5 Å². The third-order valence-corrected chi connectivity index (χ3v) is 2.42. The Morgan fingerprint density at radius 2 is 2.25 bits per heavy atom. The molecule has 2 aromatic heterocycles. The summed E-state index contributed by atoms with van der Waals surface area (Å²) in [5, 5.41) is 18.7. The molecule has 16 heavy (non-hydrogen) atoms. The van der Waals surface area contributed by atoms with E-state index in [4.69, 9.17) is 4.42 Å². The maximum absolute atomic E-state index is 5.50. The van der Waals surface area contributed by atoms with E-state index >= 15 is 0 Å². The highest BCUT2D eigenvalue weighted by molar-refractivity contribution is 5.49. The minimum atomic E-state index is 0.488. The quantitative estimate of drug-likeness (QED) is 0.815. The molecule has 0 atom stereocenters. The second-order valence-electron chi connectivity index (χ2n) is 3.79. The first-order valence-electron chi connectivity index (χ1n) is 5.24. The van der Waals surface area contributed by atoms with E-state index < -0.39 is 0 Å². The van der Waals surface area contributed by atoms with E-state index in [9.17, 15) is 0 Å². The largest absolute Gasteiger partial charge is 0.419 e. The number of nitrogens with zero attached hydrogens (tertiary/aromatic N) is 4. The van der Waals surface area contributed by atoms with E-state index in [-0.39, 0.29) is 0 Å². The van der Waals surface area contributed by atoms with Gasteiger partial charge in [0.05, 0.1) is 24.5 Å². The van der Waals surface area contributed by atoms with Crippen molar-refractivity contribution in [1.82, 2.24) is 25.7 Å². The van der Waals surface area contributed by atoms with Gasteiger partial charge in [0, 0.05) is 6.04 Å². The van der Waals surface area contributed by atoms with Crippen LogP contribution in [0.4, 0.5) is 0 Å². The number of hydrogen-bond acceptors (Lipinski definition) is 6. The molecule has 3 rings (SSSR count). The van der Waals surface area contributed by atoms with Crippen LogP contribution in [0.2, 0.25) is 0 Å². The molecule has 0 saturated heterocycles. The van der Waals surface area contributed by atoms with Crippen LogP contribution in [0.3, 0.4) is 0 Å². The van der Waals surface area contributed by atoms with Crippen LogP contribution in [0.5, 0.6) is 0 Å². The molecular formula is C10H11N5O. The lowest BCUT2D eigenvalue weighted by Crippen LogP contribution is -2.15. The number of rotatable bonds is 4.